The molecule has 0 bridgehead atoms. The minimum Gasteiger partial charge on any atom is -0.335 e. The Morgan fingerprint density at radius 1 is 1.14 bits per heavy atom. The molecule has 3 rings (SSSR count). The van der Waals surface area contributed by atoms with Crippen molar-refractivity contribution >= 4 is 19.2 Å². The Morgan fingerprint density at radius 2 is 1.83 bits per heavy atom. The van der Waals surface area contributed by atoms with Crippen molar-refractivity contribution in [1.29, 1.82) is 5.41 Å². The summed E-state index contributed by atoms with van der Waals surface area (Å²) in [5, 5.41) is 10.8. The number of alkyl halides is 3. The van der Waals surface area contributed by atoms with E-state index in [0.717, 1.165) is 37.1 Å². The SMILES string of the molecule is C=O.CN.N=CN(/C=C/c1ccc2c(c1)CNC2)Cc1cccc(C(F)(F)F)c1. The Hall–Kier alpha value is -2.97. The van der Waals surface area contributed by atoms with Crippen LogP contribution in [-0.2, 0) is 30.6 Å². The van der Waals surface area contributed by atoms with Crippen LogP contribution in [0.3, 0.4) is 0 Å². The maximum absolute atomic E-state index is 12.8. The first-order valence-corrected chi connectivity index (χ1v) is 8.75. The lowest BCUT2D eigenvalue weighted by atomic mass is 10.1. The molecule has 1 aliphatic heterocycles. The molecule has 1 heterocycles. The number of hydrogen-bond donors (Lipinski definition) is 3. The van der Waals surface area contributed by atoms with E-state index in [-0.39, 0.29) is 6.54 Å². The van der Waals surface area contributed by atoms with Crippen molar-refractivity contribution in [2.24, 2.45) is 5.73 Å². The van der Waals surface area contributed by atoms with E-state index in [9.17, 15) is 13.2 Å². The largest absolute Gasteiger partial charge is 0.416 e. The zero-order chi connectivity index (χ0) is 21.9. The van der Waals surface area contributed by atoms with Gasteiger partial charge in [0.1, 0.15) is 6.79 Å². The van der Waals surface area contributed by atoms with Crippen LogP contribution in [0.5, 0.6) is 0 Å². The van der Waals surface area contributed by atoms with Crippen LogP contribution in [0.25, 0.3) is 6.08 Å². The number of rotatable bonds is 5. The van der Waals surface area contributed by atoms with E-state index < -0.39 is 11.7 Å². The topological polar surface area (TPSA) is 82.2 Å². The molecule has 0 unspecified atom stereocenters. The maximum atomic E-state index is 12.8. The summed E-state index contributed by atoms with van der Waals surface area (Å²) < 4.78 is 38.4. The van der Waals surface area contributed by atoms with Crippen molar-refractivity contribution in [2.45, 2.75) is 25.8 Å². The van der Waals surface area contributed by atoms with Crippen molar-refractivity contribution in [1.82, 2.24) is 10.2 Å². The third-order valence-corrected chi connectivity index (χ3v) is 4.10. The number of hydrogen-bond acceptors (Lipinski definition) is 4. The van der Waals surface area contributed by atoms with Crippen molar-refractivity contribution in [2.75, 3.05) is 7.05 Å². The van der Waals surface area contributed by atoms with Gasteiger partial charge in [-0.15, -0.1) is 0 Å². The van der Waals surface area contributed by atoms with Gasteiger partial charge >= 0.3 is 6.18 Å². The fourth-order valence-electron chi connectivity index (χ4n) is 2.80. The second kappa shape index (κ2) is 11.8. The molecule has 4 N–H and O–H groups in total. The predicted octanol–water partition coefficient (Wildman–Crippen LogP) is 3.78. The van der Waals surface area contributed by atoms with E-state index in [2.05, 4.69) is 23.2 Å². The maximum Gasteiger partial charge on any atom is 0.416 e. The summed E-state index contributed by atoms with van der Waals surface area (Å²) in [5.74, 6) is 0. The zero-order valence-electron chi connectivity index (χ0n) is 16.2. The van der Waals surface area contributed by atoms with E-state index in [4.69, 9.17) is 10.2 Å². The van der Waals surface area contributed by atoms with Gasteiger partial charge in [-0.25, -0.2) is 0 Å². The number of nitrogens with two attached hydrogens (primary N) is 1. The van der Waals surface area contributed by atoms with Crippen LogP contribution in [0.15, 0.2) is 48.7 Å². The van der Waals surface area contributed by atoms with Crippen molar-refractivity contribution in [3.8, 4) is 0 Å². The highest BCUT2D eigenvalue weighted by Crippen LogP contribution is 2.29. The number of halogens is 3. The van der Waals surface area contributed by atoms with Crippen molar-refractivity contribution < 1.29 is 18.0 Å². The number of nitrogens with zero attached hydrogens (tertiary/aromatic N) is 1. The first-order valence-electron chi connectivity index (χ1n) is 8.75. The minimum absolute atomic E-state index is 0.205. The number of carbonyl (C=O) groups is 1. The van der Waals surface area contributed by atoms with Gasteiger partial charge in [-0.2, -0.15) is 13.2 Å². The summed E-state index contributed by atoms with van der Waals surface area (Å²) in [6, 6.07) is 11.3. The number of carbonyl (C=O) groups excluding carboxylic acids is 1. The Morgan fingerprint density at radius 3 is 2.48 bits per heavy atom. The molecule has 0 aromatic heterocycles. The molecule has 2 aromatic rings. The number of benzene rings is 2. The van der Waals surface area contributed by atoms with Crippen LogP contribution in [0.2, 0.25) is 0 Å². The van der Waals surface area contributed by atoms with E-state index in [1.165, 1.54) is 24.2 Å². The molecular formula is C21H25F3N4O. The molecule has 5 nitrogen and oxygen atoms in total. The molecular weight excluding hydrogens is 381 g/mol. The van der Waals surface area contributed by atoms with E-state index >= 15 is 0 Å². The molecule has 2 aromatic carbocycles. The summed E-state index contributed by atoms with van der Waals surface area (Å²) in [4.78, 5) is 9.54. The highest BCUT2D eigenvalue weighted by atomic mass is 19.4. The molecule has 0 saturated heterocycles. The van der Waals surface area contributed by atoms with Crippen LogP contribution in [0.1, 0.15) is 27.8 Å². The molecule has 0 fully saturated rings. The molecule has 1 aliphatic rings. The summed E-state index contributed by atoms with van der Waals surface area (Å²) in [7, 11) is 1.50. The van der Waals surface area contributed by atoms with Gasteiger partial charge < -0.3 is 20.7 Å². The highest BCUT2D eigenvalue weighted by molar-refractivity contribution is 5.58. The summed E-state index contributed by atoms with van der Waals surface area (Å²) in [6.07, 6.45) is 0.306. The molecule has 0 saturated carbocycles. The standard InChI is InChI=1S/C19H18F3N3.CH5N.CH2O/c20-19(21,22)18-3-1-2-15(9-18)12-25(13-23)7-6-14-4-5-16-10-24-11-17(16)8-14;2*1-2/h1-9,13,23-24H,10-12H2;2H2,1H3;1H2/b7-6+,23-13?;;. The van der Waals surface area contributed by atoms with Gasteiger partial charge in [0.2, 0.25) is 0 Å². The first kappa shape index (κ1) is 24.1. The van der Waals surface area contributed by atoms with Crippen LogP contribution in [0.4, 0.5) is 13.2 Å². The van der Waals surface area contributed by atoms with Gasteiger partial charge in [-0.3, -0.25) is 5.41 Å². The van der Waals surface area contributed by atoms with Crippen LogP contribution in [0, 0.1) is 5.41 Å². The summed E-state index contributed by atoms with van der Waals surface area (Å²) in [6.45, 7) is 3.92. The highest BCUT2D eigenvalue weighted by Gasteiger charge is 2.30. The molecule has 29 heavy (non-hydrogen) atoms. The predicted molar refractivity (Wildman–Crippen MR) is 109 cm³/mol. The van der Waals surface area contributed by atoms with Gasteiger partial charge in [-0.1, -0.05) is 30.3 Å². The second-order valence-electron chi connectivity index (χ2n) is 5.95. The average molecular weight is 406 g/mol. The summed E-state index contributed by atoms with van der Waals surface area (Å²) >= 11 is 0. The normalized spacial score (nSPS) is 12.3. The van der Waals surface area contributed by atoms with Crippen molar-refractivity contribution in [3.63, 3.8) is 0 Å². The minimum atomic E-state index is -4.36. The average Bonchev–Trinajstić information content (AvgIpc) is 3.21. The van der Waals surface area contributed by atoms with Crippen LogP contribution >= 0.6 is 0 Å². The fraction of sp³-hybridized carbons (Fsp3) is 0.238. The Kier molecular flexibility index (Phi) is 9.78. The van der Waals surface area contributed by atoms with Gasteiger partial charge in [0.25, 0.3) is 0 Å². The third-order valence-electron chi connectivity index (χ3n) is 4.10. The number of nitrogens with one attached hydrogen (secondary N) is 2. The van der Waals surface area contributed by atoms with Crippen LogP contribution < -0.4 is 11.1 Å². The van der Waals surface area contributed by atoms with Crippen molar-refractivity contribution in [3.05, 3.63) is 76.5 Å². The quantitative estimate of drug-likeness (QED) is 0.521. The van der Waals surface area contributed by atoms with Gasteiger partial charge in [-0.05, 0) is 47.5 Å². The van der Waals surface area contributed by atoms with E-state index in [1.807, 2.05) is 18.9 Å². The van der Waals surface area contributed by atoms with Gasteiger partial charge in [0, 0.05) is 25.8 Å². The van der Waals surface area contributed by atoms with Gasteiger partial charge in [0.15, 0.2) is 0 Å². The lowest BCUT2D eigenvalue weighted by molar-refractivity contribution is -0.137. The van der Waals surface area contributed by atoms with Crippen LogP contribution in [-0.4, -0.2) is 25.1 Å². The van der Waals surface area contributed by atoms with Gasteiger partial charge in [0.05, 0.1) is 11.9 Å². The molecule has 0 spiro atoms. The smallest absolute Gasteiger partial charge is 0.335 e. The molecule has 0 aliphatic carbocycles. The zero-order valence-corrected chi connectivity index (χ0v) is 16.2. The fourth-order valence-corrected chi connectivity index (χ4v) is 2.80. The molecule has 8 heteroatoms. The first-order chi connectivity index (χ1) is 14.0. The Labute approximate surface area is 168 Å². The Bertz CT molecular complexity index is 822. The second-order valence-corrected chi connectivity index (χ2v) is 5.95. The molecule has 0 atom stereocenters. The van der Waals surface area contributed by atoms with E-state index in [1.54, 1.807) is 17.2 Å². The van der Waals surface area contributed by atoms with E-state index in [0.29, 0.717) is 5.56 Å². The third kappa shape index (κ3) is 7.17. The monoisotopic (exact) mass is 406 g/mol. The lowest BCUT2D eigenvalue weighted by Gasteiger charge is -2.15. The molecule has 0 radical (unpaired) electrons. The Balaban J connectivity index is 0.000000989. The molecule has 0 amide bonds. The lowest BCUT2D eigenvalue weighted by Crippen LogP contribution is -2.14. The molecule has 156 valence electrons. The summed E-state index contributed by atoms with van der Waals surface area (Å²) in [5.41, 5.74) is 7.86. The number of fused-ring (bicyclic) bond motifs is 1.